The van der Waals surface area contributed by atoms with Gasteiger partial charge in [-0.1, -0.05) is 30.3 Å². The molecule has 1 aromatic carbocycles. The average Bonchev–Trinajstić information content (AvgIpc) is 3.06. The van der Waals surface area contributed by atoms with E-state index >= 15 is 0 Å². The fourth-order valence-electron chi connectivity index (χ4n) is 2.20. The number of methoxy groups -OCH3 is 1. The minimum absolute atomic E-state index is 0.00585. The Morgan fingerprint density at radius 1 is 1.33 bits per heavy atom. The lowest BCUT2D eigenvalue weighted by Gasteiger charge is -2.30. The van der Waals surface area contributed by atoms with E-state index in [1.165, 1.54) is 11.6 Å². The van der Waals surface area contributed by atoms with Crippen LogP contribution in [-0.2, 0) is 16.0 Å². The molecule has 3 N–H and O–H groups in total. The summed E-state index contributed by atoms with van der Waals surface area (Å²) in [5.74, 6) is -1.42. The molecule has 0 radical (unpaired) electrons. The van der Waals surface area contributed by atoms with Gasteiger partial charge in [-0.25, -0.2) is 9.78 Å². The highest BCUT2D eigenvalue weighted by Gasteiger charge is 2.66. The molecule has 0 aliphatic heterocycles. The lowest BCUT2D eigenvalue weighted by atomic mass is 10.1. The number of anilines is 1. The number of quaternary nitrogens is 1. The van der Waals surface area contributed by atoms with Gasteiger partial charge in [-0.05, 0) is 5.56 Å². The quantitative estimate of drug-likeness (QED) is 0.584. The Labute approximate surface area is 140 Å². The van der Waals surface area contributed by atoms with Crippen LogP contribution in [0, 0.1) is 0 Å². The van der Waals surface area contributed by atoms with Gasteiger partial charge in [-0.15, -0.1) is 11.3 Å². The van der Waals surface area contributed by atoms with Gasteiger partial charge in [-0.2, -0.15) is 13.2 Å². The van der Waals surface area contributed by atoms with E-state index in [-0.39, 0.29) is 11.7 Å². The number of ether oxygens (including phenoxy) is 1. The molecule has 2 aromatic rings. The smallest absolute Gasteiger partial charge is 0.463 e. The van der Waals surface area contributed by atoms with Crippen LogP contribution in [0.25, 0.3) is 0 Å². The molecular weight excluding hydrogens is 343 g/mol. The third-order valence-corrected chi connectivity index (χ3v) is 4.11. The Kier molecular flexibility index (Phi) is 5.79. The number of alkyl halides is 3. The number of hydrogen-bond acceptors (Lipinski definition) is 5. The summed E-state index contributed by atoms with van der Waals surface area (Å²) >= 11 is 0.974. The molecule has 0 saturated heterocycles. The van der Waals surface area contributed by atoms with Gasteiger partial charge in [0.25, 0.3) is 0 Å². The lowest BCUT2D eigenvalue weighted by Crippen LogP contribution is -3.05. The molecule has 0 unspecified atom stereocenters. The van der Waals surface area contributed by atoms with Crippen LogP contribution >= 0.6 is 11.3 Å². The summed E-state index contributed by atoms with van der Waals surface area (Å²) in [5.41, 5.74) is -2.06. The second-order valence-corrected chi connectivity index (χ2v) is 5.88. The first-order valence-electron chi connectivity index (χ1n) is 7.10. The van der Waals surface area contributed by atoms with E-state index in [1.54, 1.807) is 12.1 Å². The molecule has 0 fully saturated rings. The van der Waals surface area contributed by atoms with Gasteiger partial charge in [0, 0.05) is 18.0 Å². The van der Waals surface area contributed by atoms with Gasteiger partial charge in [0.2, 0.25) is 0 Å². The third-order valence-electron chi connectivity index (χ3n) is 3.42. The molecule has 0 bridgehead atoms. The Hall–Kier alpha value is -2.13. The number of carbonyl (C=O) groups is 1. The van der Waals surface area contributed by atoms with E-state index in [4.69, 9.17) is 0 Å². The molecule has 24 heavy (non-hydrogen) atoms. The number of rotatable bonds is 7. The standard InChI is InChI=1S/C15H16F3N3O2S/c1-23-12(22)14(15(16,17)18,21-13-19-9-10-24-13)20-8-7-11-5-3-2-4-6-11/h2-6,9-10,20H,7-8H2,1H3,(H,19,21)/p+1/t14-/m1/s1. The van der Waals surface area contributed by atoms with Crippen molar-refractivity contribution in [1.29, 1.82) is 0 Å². The van der Waals surface area contributed by atoms with Crippen molar-refractivity contribution in [3.63, 3.8) is 0 Å². The van der Waals surface area contributed by atoms with E-state index in [9.17, 15) is 18.0 Å². The molecule has 0 aliphatic carbocycles. The van der Waals surface area contributed by atoms with Crippen molar-refractivity contribution in [2.24, 2.45) is 0 Å². The Morgan fingerprint density at radius 3 is 2.58 bits per heavy atom. The first kappa shape index (κ1) is 18.2. The second kappa shape index (κ2) is 7.63. The molecule has 9 heteroatoms. The zero-order chi connectivity index (χ0) is 17.6. The van der Waals surface area contributed by atoms with Crippen LogP contribution in [0.2, 0.25) is 0 Å². The summed E-state index contributed by atoms with van der Waals surface area (Å²) in [7, 11) is 0.928. The average molecular weight is 360 g/mol. The minimum Gasteiger partial charge on any atom is -0.463 e. The molecule has 2 rings (SSSR count). The monoisotopic (exact) mass is 360 g/mol. The number of thiazole rings is 1. The van der Waals surface area contributed by atoms with Gasteiger partial charge in [0.15, 0.2) is 5.13 Å². The summed E-state index contributed by atoms with van der Waals surface area (Å²) in [6.45, 7) is 0.0387. The predicted octanol–water partition coefficient (Wildman–Crippen LogP) is 1.79. The maximum Gasteiger partial charge on any atom is 0.478 e. The first-order chi connectivity index (χ1) is 11.4. The maximum absolute atomic E-state index is 13.7. The largest absolute Gasteiger partial charge is 0.478 e. The summed E-state index contributed by atoms with van der Waals surface area (Å²) in [5, 5.41) is 4.62. The van der Waals surface area contributed by atoms with E-state index in [2.05, 4.69) is 15.0 Å². The molecule has 130 valence electrons. The maximum atomic E-state index is 13.7. The van der Waals surface area contributed by atoms with E-state index in [0.717, 1.165) is 29.3 Å². The molecule has 0 saturated carbocycles. The van der Waals surface area contributed by atoms with Crippen LogP contribution in [0.3, 0.4) is 0 Å². The van der Waals surface area contributed by atoms with Gasteiger partial charge in [0.1, 0.15) is 0 Å². The lowest BCUT2D eigenvalue weighted by molar-refractivity contribution is -0.733. The highest BCUT2D eigenvalue weighted by atomic mass is 32.1. The number of carbonyl (C=O) groups excluding carboxylic acids is 1. The predicted molar refractivity (Wildman–Crippen MR) is 83.5 cm³/mol. The Morgan fingerprint density at radius 2 is 2.04 bits per heavy atom. The summed E-state index contributed by atoms with van der Waals surface area (Å²) < 4.78 is 45.6. The Bertz CT molecular complexity index is 650. The van der Waals surface area contributed by atoms with Gasteiger partial charge < -0.3 is 10.1 Å². The number of hydrogen-bond donors (Lipinski definition) is 2. The van der Waals surface area contributed by atoms with Gasteiger partial charge in [-0.3, -0.25) is 5.32 Å². The number of nitrogens with one attached hydrogen (secondary N) is 1. The summed E-state index contributed by atoms with van der Waals surface area (Å²) in [6.07, 6.45) is -3.15. The molecule has 0 aliphatic rings. The highest BCUT2D eigenvalue weighted by molar-refractivity contribution is 7.13. The number of esters is 1. The van der Waals surface area contributed by atoms with Crippen LogP contribution < -0.4 is 10.6 Å². The minimum atomic E-state index is -4.87. The van der Waals surface area contributed by atoms with Crippen LogP contribution in [0.1, 0.15) is 5.56 Å². The molecule has 1 atom stereocenters. The van der Waals surface area contributed by atoms with Crippen LogP contribution in [-0.4, -0.2) is 36.4 Å². The zero-order valence-electron chi connectivity index (χ0n) is 12.8. The van der Waals surface area contributed by atoms with E-state index in [0.29, 0.717) is 6.42 Å². The van der Waals surface area contributed by atoms with Crippen molar-refractivity contribution in [2.75, 3.05) is 19.0 Å². The zero-order valence-corrected chi connectivity index (χ0v) is 13.7. The molecule has 1 heterocycles. The number of aromatic nitrogens is 1. The molecular formula is C15H17F3N3O2S+. The number of benzene rings is 1. The molecule has 1 aromatic heterocycles. The van der Waals surface area contributed by atoms with Crippen molar-refractivity contribution < 1.29 is 28.0 Å². The Balaban J connectivity index is 2.21. The van der Waals surface area contributed by atoms with Gasteiger partial charge >= 0.3 is 17.8 Å². The normalized spacial score (nSPS) is 14.0. The molecule has 0 spiro atoms. The van der Waals surface area contributed by atoms with Crippen LogP contribution in [0.5, 0.6) is 0 Å². The number of halogens is 3. The van der Waals surface area contributed by atoms with Crippen molar-refractivity contribution in [3.05, 3.63) is 47.5 Å². The fraction of sp³-hybridized carbons (Fsp3) is 0.333. The van der Waals surface area contributed by atoms with Crippen molar-refractivity contribution in [2.45, 2.75) is 18.3 Å². The van der Waals surface area contributed by atoms with Crippen molar-refractivity contribution in [3.8, 4) is 0 Å². The summed E-state index contributed by atoms with van der Waals surface area (Å²) in [4.78, 5) is 15.8. The van der Waals surface area contributed by atoms with Crippen molar-refractivity contribution in [1.82, 2.24) is 4.98 Å². The van der Waals surface area contributed by atoms with E-state index in [1.807, 2.05) is 18.2 Å². The number of nitrogens with zero attached hydrogens (tertiary/aromatic N) is 1. The van der Waals surface area contributed by atoms with Crippen LogP contribution in [0.15, 0.2) is 41.9 Å². The van der Waals surface area contributed by atoms with E-state index < -0.39 is 17.8 Å². The first-order valence-corrected chi connectivity index (χ1v) is 7.98. The second-order valence-electron chi connectivity index (χ2n) is 4.99. The highest BCUT2D eigenvalue weighted by Crippen LogP contribution is 2.30. The fourth-order valence-corrected chi connectivity index (χ4v) is 2.79. The summed E-state index contributed by atoms with van der Waals surface area (Å²) in [6, 6.07) is 9.07. The SMILES string of the molecule is COC(=O)[C@](Nc1nccs1)([NH2+]CCc1ccccc1)C(F)(F)F. The molecule has 0 amide bonds. The van der Waals surface area contributed by atoms with Gasteiger partial charge in [0.05, 0.1) is 13.7 Å². The third kappa shape index (κ3) is 4.04. The van der Waals surface area contributed by atoms with Crippen LogP contribution in [0.4, 0.5) is 18.3 Å². The number of nitrogens with two attached hydrogens (primary N) is 1. The van der Waals surface area contributed by atoms with Crippen molar-refractivity contribution >= 4 is 22.4 Å². The molecule has 5 nitrogen and oxygen atoms in total. The topological polar surface area (TPSA) is 67.8 Å².